The number of ether oxygens (including phenoxy) is 2. The van der Waals surface area contributed by atoms with Crippen molar-refractivity contribution in [3.63, 3.8) is 0 Å². The standard InChI is InChI=1S/C18H20N2O3/c1-22-18(21)15-9-6-12-20(15)16-10-5-11-17(19-16)23-13-14-7-3-2-4-8-14/h2-5,7-8,10-11,15H,6,9,12-13H2,1H3/t15-/m0/s1. The van der Waals surface area contributed by atoms with Gasteiger partial charge in [0.25, 0.3) is 0 Å². The SMILES string of the molecule is COC(=O)[C@@H]1CCCN1c1cccc(OCc2ccccc2)n1. The number of nitrogens with zero attached hydrogens (tertiary/aromatic N) is 2. The van der Waals surface area contributed by atoms with Crippen LogP contribution in [0.3, 0.4) is 0 Å². The molecule has 1 aromatic heterocycles. The molecule has 2 aromatic rings. The summed E-state index contributed by atoms with van der Waals surface area (Å²) in [6, 6.07) is 15.3. The van der Waals surface area contributed by atoms with Gasteiger partial charge in [-0.2, -0.15) is 4.98 Å². The van der Waals surface area contributed by atoms with Crippen LogP contribution in [0.25, 0.3) is 0 Å². The topological polar surface area (TPSA) is 51.7 Å². The van der Waals surface area contributed by atoms with Crippen LogP contribution in [0.15, 0.2) is 48.5 Å². The number of carbonyl (C=O) groups excluding carboxylic acids is 1. The van der Waals surface area contributed by atoms with E-state index in [1.54, 1.807) is 0 Å². The molecule has 0 spiro atoms. The Morgan fingerprint density at radius 2 is 2.04 bits per heavy atom. The van der Waals surface area contributed by atoms with E-state index < -0.39 is 0 Å². The first-order chi connectivity index (χ1) is 11.3. The van der Waals surface area contributed by atoms with Gasteiger partial charge in [-0.1, -0.05) is 36.4 Å². The third-order valence-electron chi connectivity index (χ3n) is 3.96. The van der Waals surface area contributed by atoms with Gasteiger partial charge in [0.05, 0.1) is 7.11 Å². The molecule has 0 N–H and O–H groups in total. The first kappa shape index (κ1) is 15.3. The van der Waals surface area contributed by atoms with Crippen LogP contribution in [0.2, 0.25) is 0 Å². The maximum absolute atomic E-state index is 11.9. The summed E-state index contributed by atoms with van der Waals surface area (Å²) in [4.78, 5) is 18.4. The number of methoxy groups -OCH3 is 1. The lowest BCUT2D eigenvalue weighted by molar-refractivity contribution is -0.141. The average molecular weight is 312 g/mol. The van der Waals surface area contributed by atoms with Crippen LogP contribution in [-0.4, -0.2) is 30.6 Å². The van der Waals surface area contributed by atoms with E-state index in [0.717, 1.165) is 30.8 Å². The summed E-state index contributed by atoms with van der Waals surface area (Å²) >= 11 is 0. The fourth-order valence-corrected chi connectivity index (χ4v) is 2.80. The number of aromatic nitrogens is 1. The summed E-state index contributed by atoms with van der Waals surface area (Å²) in [5, 5.41) is 0. The van der Waals surface area contributed by atoms with E-state index in [2.05, 4.69) is 4.98 Å². The van der Waals surface area contributed by atoms with Crippen LogP contribution < -0.4 is 9.64 Å². The molecule has 1 aliphatic heterocycles. The predicted octanol–water partition coefficient (Wildman–Crippen LogP) is 2.80. The monoisotopic (exact) mass is 312 g/mol. The zero-order valence-corrected chi connectivity index (χ0v) is 13.1. The van der Waals surface area contributed by atoms with Crippen LogP contribution in [0, 0.1) is 0 Å². The summed E-state index contributed by atoms with van der Waals surface area (Å²) in [6.45, 7) is 1.27. The molecule has 3 rings (SSSR count). The first-order valence-electron chi connectivity index (χ1n) is 7.76. The van der Waals surface area contributed by atoms with Crippen LogP contribution in [0.1, 0.15) is 18.4 Å². The molecule has 1 fully saturated rings. The van der Waals surface area contributed by atoms with Crippen molar-refractivity contribution in [3.05, 3.63) is 54.1 Å². The molecule has 0 aliphatic carbocycles. The van der Waals surface area contributed by atoms with Crippen molar-refractivity contribution >= 4 is 11.8 Å². The fourth-order valence-electron chi connectivity index (χ4n) is 2.80. The molecule has 0 unspecified atom stereocenters. The Bertz CT molecular complexity index is 660. The highest BCUT2D eigenvalue weighted by atomic mass is 16.5. The minimum atomic E-state index is -0.253. The maximum Gasteiger partial charge on any atom is 0.328 e. The van der Waals surface area contributed by atoms with E-state index in [-0.39, 0.29) is 12.0 Å². The number of hydrogen-bond acceptors (Lipinski definition) is 5. The minimum absolute atomic E-state index is 0.208. The quantitative estimate of drug-likeness (QED) is 0.795. The summed E-state index contributed by atoms with van der Waals surface area (Å²) in [6.07, 6.45) is 1.75. The molecule has 5 heteroatoms. The molecule has 1 aromatic carbocycles. The number of esters is 1. The lowest BCUT2D eigenvalue weighted by Crippen LogP contribution is -2.37. The van der Waals surface area contributed by atoms with Crippen molar-refractivity contribution in [1.82, 2.24) is 4.98 Å². The van der Waals surface area contributed by atoms with E-state index in [0.29, 0.717) is 12.5 Å². The van der Waals surface area contributed by atoms with Gasteiger partial charge in [-0.25, -0.2) is 4.79 Å². The van der Waals surface area contributed by atoms with Crippen LogP contribution in [-0.2, 0) is 16.1 Å². The molecule has 23 heavy (non-hydrogen) atoms. The molecule has 0 bridgehead atoms. The Balaban J connectivity index is 1.71. The molecule has 0 amide bonds. The minimum Gasteiger partial charge on any atom is -0.473 e. The normalized spacial score (nSPS) is 17.1. The Kier molecular flexibility index (Phi) is 4.76. The van der Waals surface area contributed by atoms with Crippen molar-refractivity contribution in [2.75, 3.05) is 18.6 Å². The van der Waals surface area contributed by atoms with Gasteiger partial charge in [0.1, 0.15) is 18.5 Å². The van der Waals surface area contributed by atoms with Gasteiger partial charge < -0.3 is 14.4 Å². The summed E-state index contributed by atoms with van der Waals surface area (Å²) in [5.41, 5.74) is 1.09. The summed E-state index contributed by atoms with van der Waals surface area (Å²) in [7, 11) is 1.42. The zero-order chi connectivity index (χ0) is 16.1. The molecule has 5 nitrogen and oxygen atoms in total. The molecule has 120 valence electrons. The van der Waals surface area contributed by atoms with Crippen molar-refractivity contribution in [2.24, 2.45) is 0 Å². The molecule has 1 saturated heterocycles. The predicted molar refractivity (Wildman–Crippen MR) is 87.4 cm³/mol. The highest BCUT2D eigenvalue weighted by molar-refractivity contribution is 5.80. The molecule has 0 saturated carbocycles. The summed E-state index contributed by atoms with van der Waals surface area (Å²) < 4.78 is 10.6. The van der Waals surface area contributed by atoms with Crippen molar-refractivity contribution < 1.29 is 14.3 Å². The maximum atomic E-state index is 11.9. The van der Waals surface area contributed by atoms with Crippen LogP contribution in [0.4, 0.5) is 5.82 Å². The smallest absolute Gasteiger partial charge is 0.328 e. The van der Waals surface area contributed by atoms with E-state index >= 15 is 0 Å². The first-order valence-corrected chi connectivity index (χ1v) is 7.76. The van der Waals surface area contributed by atoms with Crippen molar-refractivity contribution in [3.8, 4) is 5.88 Å². The van der Waals surface area contributed by atoms with E-state index in [4.69, 9.17) is 9.47 Å². The van der Waals surface area contributed by atoms with Crippen LogP contribution >= 0.6 is 0 Å². The second-order valence-electron chi connectivity index (χ2n) is 5.48. The highest BCUT2D eigenvalue weighted by Crippen LogP contribution is 2.26. The molecule has 1 aliphatic rings. The van der Waals surface area contributed by atoms with E-state index in [9.17, 15) is 4.79 Å². The third-order valence-corrected chi connectivity index (χ3v) is 3.96. The fraction of sp³-hybridized carbons (Fsp3) is 0.333. The molecule has 2 heterocycles. The van der Waals surface area contributed by atoms with E-state index in [1.165, 1.54) is 7.11 Å². The lowest BCUT2D eigenvalue weighted by atomic mass is 10.2. The van der Waals surface area contributed by atoms with Crippen LogP contribution in [0.5, 0.6) is 5.88 Å². The number of pyridine rings is 1. The zero-order valence-electron chi connectivity index (χ0n) is 13.1. The number of rotatable bonds is 5. The molecular weight excluding hydrogens is 292 g/mol. The molecular formula is C18H20N2O3. The second-order valence-corrected chi connectivity index (χ2v) is 5.48. The third kappa shape index (κ3) is 3.62. The van der Waals surface area contributed by atoms with Gasteiger partial charge in [-0.15, -0.1) is 0 Å². The Morgan fingerprint density at radius 3 is 2.83 bits per heavy atom. The average Bonchev–Trinajstić information content (AvgIpc) is 3.10. The van der Waals surface area contributed by atoms with Gasteiger partial charge in [0.15, 0.2) is 0 Å². The number of carbonyl (C=O) groups is 1. The van der Waals surface area contributed by atoms with E-state index in [1.807, 2.05) is 53.4 Å². The second kappa shape index (κ2) is 7.13. The molecule has 0 radical (unpaired) electrons. The number of hydrogen-bond donors (Lipinski definition) is 0. The van der Waals surface area contributed by atoms with Crippen molar-refractivity contribution in [1.29, 1.82) is 0 Å². The molecule has 1 atom stereocenters. The van der Waals surface area contributed by atoms with Crippen molar-refractivity contribution in [2.45, 2.75) is 25.5 Å². The van der Waals surface area contributed by atoms with Gasteiger partial charge in [0.2, 0.25) is 5.88 Å². The highest BCUT2D eigenvalue weighted by Gasteiger charge is 2.32. The lowest BCUT2D eigenvalue weighted by Gasteiger charge is -2.23. The van der Waals surface area contributed by atoms with Gasteiger partial charge in [-0.3, -0.25) is 0 Å². The summed E-state index contributed by atoms with van der Waals surface area (Å²) in [5.74, 6) is 1.10. The van der Waals surface area contributed by atoms with Gasteiger partial charge >= 0.3 is 5.97 Å². The van der Waals surface area contributed by atoms with Gasteiger partial charge in [0, 0.05) is 12.6 Å². The number of benzene rings is 1. The van der Waals surface area contributed by atoms with Gasteiger partial charge in [-0.05, 0) is 24.5 Å². The largest absolute Gasteiger partial charge is 0.473 e. The Hall–Kier alpha value is -2.56. The number of anilines is 1. The Morgan fingerprint density at radius 1 is 1.22 bits per heavy atom. The Labute approximate surface area is 135 Å².